The van der Waals surface area contributed by atoms with E-state index >= 15 is 0 Å². The molecule has 0 fully saturated rings. The molecule has 0 bridgehead atoms. The van der Waals surface area contributed by atoms with Crippen LogP contribution >= 0.6 is 0 Å². The molecule has 2 aromatic rings. The Bertz CT molecular complexity index is 534. The number of ether oxygens (including phenoxy) is 1. The van der Waals surface area contributed by atoms with Gasteiger partial charge in [-0.2, -0.15) is 0 Å². The van der Waals surface area contributed by atoms with Crippen molar-refractivity contribution in [3.05, 3.63) is 48.0 Å². The van der Waals surface area contributed by atoms with Gasteiger partial charge in [0, 0.05) is 12.7 Å². The second-order valence-electron chi connectivity index (χ2n) is 3.75. The van der Waals surface area contributed by atoms with E-state index in [9.17, 15) is 4.79 Å². The first-order chi connectivity index (χ1) is 8.70. The summed E-state index contributed by atoms with van der Waals surface area (Å²) in [7, 11) is 0. The first kappa shape index (κ1) is 12.2. The number of rotatable bonds is 5. The molecule has 5 nitrogen and oxygen atoms in total. The number of carboxylic acids is 1. The molecule has 1 aromatic heterocycles. The van der Waals surface area contributed by atoms with Gasteiger partial charge in [0.1, 0.15) is 12.4 Å². The number of imidazole rings is 1. The van der Waals surface area contributed by atoms with Crippen LogP contribution in [0.15, 0.2) is 36.5 Å². The summed E-state index contributed by atoms with van der Waals surface area (Å²) in [5.41, 5.74) is 0.609. The molecule has 0 radical (unpaired) electrons. The van der Waals surface area contributed by atoms with Crippen molar-refractivity contribution in [3.63, 3.8) is 0 Å². The van der Waals surface area contributed by atoms with E-state index in [2.05, 4.69) is 4.98 Å². The van der Waals surface area contributed by atoms with E-state index in [0.29, 0.717) is 12.2 Å². The third kappa shape index (κ3) is 2.68. The van der Waals surface area contributed by atoms with Gasteiger partial charge >= 0.3 is 5.97 Å². The molecule has 1 N–H and O–H groups in total. The highest BCUT2D eigenvalue weighted by Crippen LogP contribution is 2.12. The number of aromatic carboxylic acids is 1. The number of aromatic nitrogens is 2. The predicted molar refractivity (Wildman–Crippen MR) is 65.6 cm³/mol. The van der Waals surface area contributed by atoms with Crippen LogP contribution in [0.3, 0.4) is 0 Å². The van der Waals surface area contributed by atoms with E-state index < -0.39 is 5.97 Å². The molecule has 2 rings (SSSR count). The van der Waals surface area contributed by atoms with Crippen LogP contribution in [0.25, 0.3) is 0 Å². The van der Waals surface area contributed by atoms with Gasteiger partial charge < -0.3 is 14.4 Å². The molecule has 0 saturated carbocycles. The van der Waals surface area contributed by atoms with E-state index in [4.69, 9.17) is 9.84 Å². The van der Waals surface area contributed by atoms with Crippen LogP contribution in [0.4, 0.5) is 0 Å². The quantitative estimate of drug-likeness (QED) is 0.878. The van der Waals surface area contributed by atoms with Crippen molar-refractivity contribution in [3.8, 4) is 5.75 Å². The molecule has 1 aromatic carbocycles. The minimum Gasteiger partial charge on any atom is -0.487 e. The van der Waals surface area contributed by atoms with Crippen molar-refractivity contribution < 1.29 is 14.6 Å². The van der Waals surface area contributed by atoms with Gasteiger partial charge in [-0.25, -0.2) is 9.78 Å². The summed E-state index contributed by atoms with van der Waals surface area (Å²) < 4.78 is 7.11. The van der Waals surface area contributed by atoms with Crippen molar-refractivity contribution in [2.24, 2.45) is 0 Å². The Hall–Kier alpha value is -2.30. The highest BCUT2D eigenvalue weighted by Gasteiger charge is 2.13. The fourth-order valence-corrected chi connectivity index (χ4v) is 1.63. The molecule has 0 unspecified atom stereocenters. The third-order valence-electron chi connectivity index (χ3n) is 2.49. The molecule has 94 valence electrons. The van der Waals surface area contributed by atoms with Crippen molar-refractivity contribution in [1.29, 1.82) is 0 Å². The Kier molecular flexibility index (Phi) is 3.62. The maximum atomic E-state index is 10.9. The second-order valence-corrected chi connectivity index (χ2v) is 3.75. The van der Waals surface area contributed by atoms with E-state index in [1.54, 1.807) is 10.8 Å². The van der Waals surface area contributed by atoms with Crippen LogP contribution in [0.5, 0.6) is 5.75 Å². The zero-order valence-corrected chi connectivity index (χ0v) is 10.0. The molecular weight excluding hydrogens is 232 g/mol. The van der Waals surface area contributed by atoms with Crippen molar-refractivity contribution in [1.82, 2.24) is 9.55 Å². The smallest absolute Gasteiger partial charge is 0.372 e. The van der Waals surface area contributed by atoms with Crippen LogP contribution < -0.4 is 4.74 Å². The van der Waals surface area contributed by atoms with E-state index in [1.807, 2.05) is 37.3 Å². The number of carboxylic acid groups (broad SMARTS) is 1. The van der Waals surface area contributed by atoms with Gasteiger partial charge in [0.05, 0.1) is 5.69 Å². The van der Waals surface area contributed by atoms with Gasteiger partial charge in [0.2, 0.25) is 5.82 Å². The van der Waals surface area contributed by atoms with Crippen molar-refractivity contribution in [2.45, 2.75) is 20.1 Å². The standard InChI is InChI=1S/C13H14N2O3/c1-2-15-8-10(14-12(15)13(16)17)9-18-11-6-4-3-5-7-11/h3-8H,2,9H2,1H3,(H,16,17). The summed E-state index contributed by atoms with van der Waals surface area (Å²) in [4.78, 5) is 15.0. The maximum Gasteiger partial charge on any atom is 0.372 e. The SMILES string of the molecule is CCn1cc(COc2ccccc2)nc1C(=O)O. The molecule has 5 heteroatoms. The number of para-hydroxylation sites is 1. The monoisotopic (exact) mass is 246 g/mol. The van der Waals surface area contributed by atoms with Crippen LogP contribution in [-0.4, -0.2) is 20.6 Å². The lowest BCUT2D eigenvalue weighted by atomic mass is 10.3. The Labute approximate surface area is 105 Å². The summed E-state index contributed by atoms with van der Waals surface area (Å²) in [5, 5.41) is 8.97. The number of benzene rings is 1. The molecule has 18 heavy (non-hydrogen) atoms. The molecule has 0 aliphatic heterocycles. The molecule has 0 aliphatic carbocycles. The highest BCUT2D eigenvalue weighted by molar-refractivity contribution is 5.83. The average Bonchev–Trinajstić information content (AvgIpc) is 2.81. The number of hydrogen-bond acceptors (Lipinski definition) is 3. The van der Waals surface area contributed by atoms with Gasteiger partial charge in [0.25, 0.3) is 0 Å². The molecule has 0 spiro atoms. The van der Waals surface area contributed by atoms with Gasteiger partial charge in [-0.05, 0) is 19.1 Å². The number of aryl methyl sites for hydroxylation is 1. The molecule has 1 heterocycles. The van der Waals surface area contributed by atoms with E-state index in [1.165, 1.54) is 0 Å². The van der Waals surface area contributed by atoms with Crippen LogP contribution in [0, 0.1) is 0 Å². The number of hydrogen-bond donors (Lipinski definition) is 1. The second kappa shape index (κ2) is 5.35. The lowest BCUT2D eigenvalue weighted by Crippen LogP contribution is -2.07. The Morgan fingerprint density at radius 3 is 2.67 bits per heavy atom. The predicted octanol–water partition coefficient (Wildman–Crippen LogP) is 2.18. The summed E-state index contributed by atoms with van der Waals surface area (Å²) >= 11 is 0. The molecular formula is C13H14N2O3. The first-order valence-corrected chi connectivity index (χ1v) is 5.68. The zero-order valence-electron chi connectivity index (χ0n) is 10.0. The highest BCUT2D eigenvalue weighted by atomic mass is 16.5. The Morgan fingerprint density at radius 1 is 1.39 bits per heavy atom. The van der Waals surface area contributed by atoms with Crippen LogP contribution in [0.2, 0.25) is 0 Å². The maximum absolute atomic E-state index is 10.9. The minimum absolute atomic E-state index is 0.0455. The summed E-state index contributed by atoms with van der Waals surface area (Å²) in [6, 6.07) is 9.34. The van der Waals surface area contributed by atoms with Crippen LogP contribution in [0.1, 0.15) is 23.2 Å². The summed E-state index contributed by atoms with van der Waals surface area (Å²) in [5.74, 6) is -0.243. The fraction of sp³-hybridized carbons (Fsp3) is 0.231. The topological polar surface area (TPSA) is 64.4 Å². The van der Waals surface area contributed by atoms with Gasteiger partial charge in [-0.1, -0.05) is 18.2 Å². The largest absolute Gasteiger partial charge is 0.487 e. The van der Waals surface area contributed by atoms with E-state index in [-0.39, 0.29) is 12.4 Å². The third-order valence-corrected chi connectivity index (χ3v) is 2.49. The van der Waals surface area contributed by atoms with Gasteiger partial charge in [-0.15, -0.1) is 0 Å². The minimum atomic E-state index is -1.03. The zero-order chi connectivity index (χ0) is 13.0. The Morgan fingerprint density at radius 2 is 2.11 bits per heavy atom. The normalized spacial score (nSPS) is 10.3. The summed E-state index contributed by atoms with van der Waals surface area (Å²) in [6.07, 6.45) is 1.70. The molecule has 0 aliphatic rings. The number of carbonyl (C=O) groups is 1. The van der Waals surface area contributed by atoms with Gasteiger partial charge in [-0.3, -0.25) is 0 Å². The van der Waals surface area contributed by atoms with Crippen molar-refractivity contribution in [2.75, 3.05) is 0 Å². The molecule has 0 atom stereocenters. The fourth-order valence-electron chi connectivity index (χ4n) is 1.63. The number of nitrogens with zero attached hydrogens (tertiary/aromatic N) is 2. The van der Waals surface area contributed by atoms with E-state index in [0.717, 1.165) is 5.75 Å². The Balaban J connectivity index is 2.08. The molecule has 0 amide bonds. The first-order valence-electron chi connectivity index (χ1n) is 5.68. The molecule has 0 saturated heterocycles. The lowest BCUT2D eigenvalue weighted by molar-refractivity contribution is 0.0678. The summed E-state index contributed by atoms with van der Waals surface area (Å²) in [6.45, 7) is 2.70. The van der Waals surface area contributed by atoms with Crippen molar-refractivity contribution >= 4 is 5.97 Å². The average molecular weight is 246 g/mol. The van der Waals surface area contributed by atoms with Crippen LogP contribution in [-0.2, 0) is 13.2 Å². The van der Waals surface area contributed by atoms with Gasteiger partial charge in [0.15, 0.2) is 0 Å². The lowest BCUT2D eigenvalue weighted by Gasteiger charge is -2.02.